The molecule has 0 amide bonds. The summed E-state index contributed by atoms with van der Waals surface area (Å²) in [5, 5.41) is 10.4. The average Bonchev–Trinajstić information content (AvgIpc) is 3.54. The van der Waals surface area contributed by atoms with E-state index in [1.807, 2.05) is 0 Å². The Bertz CT molecular complexity index is 3390. The van der Waals surface area contributed by atoms with Crippen LogP contribution in [-0.2, 0) is 5.41 Å². The van der Waals surface area contributed by atoms with Crippen molar-refractivity contribution in [3.63, 3.8) is 0 Å². The van der Waals surface area contributed by atoms with E-state index in [2.05, 4.69) is 219 Å². The van der Waals surface area contributed by atoms with E-state index in [4.69, 9.17) is 0 Å². The third-order valence-electron chi connectivity index (χ3n) is 13.1. The molecule has 1 aliphatic rings. The van der Waals surface area contributed by atoms with Gasteiger partial charge in [-0.2, -0.15) is 0 Å². The summed E-state index contributed by atoms with van der Waals surface area (Å²) in [6, 6.07) is 79.1. The molecule has 1 aliphatic carbocycles. The first-order chi connectivity index (χ1) is 28.6. The molecule has 0 heterocycles. The minimum atomic E-state index is -0.285. The standard InChI is InChI=1S/C58H38/c1-58(45-19-6-3-7-20-45)54-36-43(27-30-50(54)53-34-41-15-8-9-16-42(41)35-55(53)58)40-17-12-18-44(33-40)46-21-10-11-22-48(46)49-29-24-39-25-31-51-47(37-13-4-2-5-14-37)28-23-38-26-32-52(49)57(39)56(38)51/h2-36H,1H3. The molecule has 270 valence electrons. The van der Waals surface area contributed by atoms with Crippen LogP contribution in [0.25, 0.3) is 98.7 Å². The van der Waals surface area contributed by atoms with Crippen LogP contribution in [0, 0.1) is 0 Å². The van der Waals surface area contributed by atoms with Crippen molar-refractivity contribution in [2.75, 3.05) is 0 Å². The van der Waals surface area contributed by atoms with Crippen LogP contribution >= 0.6 is 0 Å². The van der Waals surface area contributed by atoms with E-state index in [1.165, 1.54) is 115 Å². The summed E-state index contributed by atoms with van der Waals surface area (Å²) in [4.78, 5) is 0. The van der Waals surface area contributed by atoms with Crippen LogP contribution in [0.4, 0.5) is 0 Å². The molecule has 0 spiro atoms. The molecule has 58 heavy (non-hydrogen) atoms. The van der Waals surface area contributed by atoms with Gasteiger partial charge in [0.2, 0.25) is 0 Å². The van der Waals surface area contributed by atoms with Gasteiger partial charge in [0.05, 0.1) is 0 Å². The number of hydrogen-bond donors (Lipinski definition) is 0. The van der Waals surface area contributed by atoms with Gasteiger partial charge in [0.15, 0.2) is 0 Å². The highest BCUT2D eigenvalue weighted by molar-refractivity contribution is 6.27. The quantitative estimate of drug-likeness (QED) is 0.154. The van der Waals surface area contributed by atoms with Crippen LogP contribution in [0.5, 0.6) is 0 Å². The second-order valence-corrected chi connectivity index (χ2v) is 16.1. The Labute approximate surface area is 338 Å². The molecule has 0 saturated carbocycles. The molecule has 0 N–H and O–H groups in total. The van der Waals surface area contributed by atoms with Crippen LogP contribution in [0.2, 0.25) is 0 Å². The Balaban J connectivity index is 0.999. The highest BCUT2D eigenvalue weighted by atomic mass is 14.4. The lowest BCUT2D eigenvalue weighted by molar-refractivity contribution is 0.715. The van der Waals surface area contributed by atoms with Crippen LogP contribution in [-0.4, -0.2) is 0 Å². The molecule has 0 saturated heterocycles. The van der Waals surface area contributed by atoms with Crippen LogP contribution in [0.1, 0.15) is 23.6 Å². The highest BCUT2D eigenvalue weighted by Crippen LogP contribution is 2.54. The van der Waals surface area contributed by atoms with Crippen molar-refractivity contribution in [1.29, 1.82) is 0 Å². The molecule has 0 radical (unpaired) electrons. The van der Waals surface area contributed by atoms with Gasteiger partial charge in [-0.25, -0.2) is 0 Å². The first kappa shape index (κ1) is 32.9. The van der Waals surface area contributed by atoms with Crippen molar-refractivity contribution in [2.45, 2.75) is 12.3 Å². The Kier molecular flexibility index (Phi) is 7.16. The van der Waals surface area contributed by atoms with E-state index >= 15 is 0 Å². The van der Waals surface area contributed by atoms with Gasteiger partial charge in [-0.15, -0.1) is 0 Å². The summed E-state index contributed by atoms with van der Waals surface area (Å²) >= 11 is 0. The molecule has 0 fully saturated rings. The maximum absolute atomic E-state index is 2.46. The maximum atomic E-state index is 2.46. The van der Waals surface area contributed by atoms with Gasteiger partial charge < -0.3 is 0 Å². The third kappa shape index (κ3) is 4.82. The SMILES string of the molecule is CC1(c2ccccc2)c2cc(-c3cccc(-c4ccccc4-c4ccc5ccc6c(-c7ccccc7)ccc7ccc4c5c76)c3)ccc2-c2cc3ccccc3cc21. The lowest BCUT2D eigenvalue weighted by atomic mass is 9.73. The Hall–Kier alpha value is -7.28. The van der Waals surface area contributed by atoms with Gasteiger partial charge in [0.25, 0.3) is 0 Å². The van der Waals surface area contributed by atoms with E-state index in [0.29, 0.717) is 0 Å². The van der Waals surface area contributed by atoms with Gasteiger partial charge in [-0.05, 0) is 147 Å². The van der Waals surface area contributed by atoms with E-state index in [0.717, 1.165) is 0 Å². The van der Waals surface area contributed by atoms with Crippen LogP contribution in [0.15, 0.2) is 212 Å². The molecular formula is C58H38. The molecule has 1 unspecified atom stereocenters. The second-order valence-electron chi connectivity index (χ2n) is 16.1. The van der Waals surface area contributed by atoms with E-state index in [9.17, 15) is 0 Å². The van der Waals surface area contributed by atoms with Gasteiger partial charge >= 0.3 is 0 Å². The lowest BCUT2D eigenvalue weighted by Gasteiger charge is -2.29. The van der Waals surface area contributed by atoms with Gasteiger partial charge in [0, 0.05) is 5.41 Å². The molecule has 0 nitrogen and oxygen atoms in total. The first-order valence-corrected chi connectivity index (χ1v) is 20.3. The molecule has 11 aromatic rings. The number of hydrogen-bond acceptors (Lipinski definition) is 0. The van der Waals surface area contributed by atoms with Gasteiger partial charge in [-0.3, -0.25) is 0 Å². The molecule has 11 aromatic carbocycles. The van der Waals surface area contributed by atoms with Crippen molar-refractivity contribution >= 4 is 43.1 Å². The van der Waals surface area contributed by atoms with Crippen molar-refractivity contribution in [2.24, 2.45) is 0 Å². The van der Waals surface area contributed by atoms with Crippen molar-refractivity contribution in [3.8, 4) is 55.6 Å². The van der Waals surface area contributed by atoms with Gasteiger partial charge in [-0.1, -0.05) is 188 Å². The number of rotatable bonds is 5. The molecule has 0 aromatic heterocycles. The fourth-order valence-corrected chi connectivity index (χ4v) is 10.2. The molecule has 0 aliphatic heterocycles. The summed E-state index contributed by atoms with van der Waals surface area (Å²) in [5.41, 5.74) is 16.3. The Morgan fingerprint density at radius 1 is 0.276 bits per heavy atom. The Morgan fingerprint density at radius 2 is 0.810 bits per heavy atom. The summed E-state index contributed by atoms with van der Waals surface area (Å²) < 4.78 is 0. The van der Waals surface area contributed by atoms with Gasteiger partial charge in [0.1, 0.15) is 0 Å². The summed E-state index contributed by atoms with van der Waals surface area (Å²) in [6.45, 7) is 2.41. The minimum absolute atomic E-state index is 0.285. The predicted molar refractivity (Wildman–Crippen MR) is 247 cm³/mol. The highest BCUT2D eigenvalue weighted by Gasteiger charge is 2.41. The molecule has 0 bridgehead atoms. The zero-order valence-electron chi connectivity index (χ0n) is 32.2. The first-order valence-electron chi connectivity index (χ1n) is 20.3. The summed E-state index contributed by atoms with van der Waals surface area (Å²) in [6.07, 6.45) is 0. The summed E-state index contributed by atoms with van der Waals surface area (Å²) in [5.74, 6) is 0. The minimum Gasteiger partial charge on any atom is -0.0622 e. The predicted octanol–water partition coefficient (Wildman–Crippen LogP) is 15.7. The zero-order valence-corrected chi connectivity index (χ0v) is 32.2. The number of benzene rings is 11. The zero-order chi connectivity index (χ0) is 38.4. The topological polar surface area (TPSA) is 0 Å². The average molecular weight is 735 g/mol. The van der Waals surface area contributed by atoms with Crippen LogP contribution in [0.3, 0.4) is 0 Å². The second kappa shape index (κ2) is 12.6. The number of fused-ring (bicyclic) bond motifs is 4. The van der Waals surface area contributed by atoms with Crippen molar-refractivity contribution in [3.05, 3.63) is 229 Å². The molecule has 1 atom stereocenters. The third-order valence-corrected chi connectivity index (χ3v) is 13.1. The molecule has 12 rings (SSSR count). The monoisotopic (exact) mass is 734 g/mol. The smallest absolute Gasteiger partial charge is 0.0435 e. The normalized spacial score (nSPS) is 14.7. The van der Waals surface area contributed by atoms with Crippen molar-refractivity contribution < 1.29 is 0 Å². The van der Waals surface area contributed by atoms with Crippen molar-refractivity contribution in [1.82, 2.24) is 0 Å². The largest absolute Gasteiger partial charge is 0.0622 e. The van der Waals surface area contributed by atoms with Crippen LogP contribution < -0.4 is 0 Å². The maximum Gasteiger partial charge on any atom is 0.0435 e. The van der Waals surface area contributed by atoms with E-state index in [-0.39, 0.29) is 5.41 Å². The fraction of sp³-hybridized carbons (Fsp3) is 0.0345. The van der Waals surface area contributed by atoms with E-state index < -0.39 is 0 Å². The molecular weight excluding hydrogens is 697 g/mol. The Morgan fingerprint density at radius 3 is 1.57 bits per heavy atom. The summed E-state index contributed by atoms with van der Waals surface area (Å²) in [7, 11) is 0. The fourth-order valence-electron chi connectivity index (χ4n) is 10.2. The van der Waals surface area contributed by atoms with E-state index in [1.54, 1.807) is 0 Å². The lowest BCUT2D eigenvalue weighted by Crippen LogP contribution is -2.22. The molecule has 0 heteroatoms.